The number of amides is 2. The molecule has 1 rings (SSSR count). The van der Waals surface area contributed by atoms with Crippen LogP contribution in [0.25, 0.3) is 0 Å². The second-order valence-electron chi connectivity index (χ2n) is 3.73. The number of hydrogen-bond donors (Lipinski definition) is 3. The Bertz CT molecular complexity index is 465. The number of urea groups is 1. The van der Waals surface area contributed by atoms with Gasteiger partial charge in [-0.2, -0.15) is 0 Å². The molecule has 0 saturated heterocycles. The molecule has 7 heteroatoms. The Kier molecular flexibility index (Phi) is 5.95. The van der Waals surface area contributed by atoms with Crippen molar-refractivity contribution in [3.8, 4) is 5.75 Å². The average molecular weight is 287 g/mol. The summed E-state index contributed by atoms with van der Waals surface area (Å²) in [5, 5.41) is 14.0. The summed E-state index contributed by atoms with van der Waals surface area (Å²) in [4.78, 5) is 21.8. The van der Waals surface area contributed by atoms with E-state index < -0.39 is 12.0 Å². The van der Waals surface area contributed by atoms with E-state index in [0.717, 1.165) is 0 Å². The standard InChI is InChI=1S/C12H15ClN2O4/c1-19-10-7-8(4-5-9(10)13)15-12(18)14-6-2-3-11(16)17/h4-5,7H,2-3,6H2,1H3,(H,16,17)(H2,14,15,18). The molecule has 0 aliphatic carbocycles. The molecule has 0 atom stereocenters. The summed E-state index contributed by atoms with van der Waals surface area (Å²) >= 11 is 5.86. The average Bonchev–Trinajstić information content (AvgIpc) is 2.37. The van der Waals surface area contributed by atoms with Gasteiger partial charge >= 0.3 is 12.0 Å². The first kappa shape index (κ1) is 15.1. The molecule has 0 bridgehead atoms. The van der Waals surface area contributed by atoms with Crippen molar-refractivity contribution in [1.82, 2.24) is 5.32 Å². The molecule has 2 amide bonds. The summed E-state index contributed by atoms with van der Waals surface area (Å²) in [5.74, 6) is -0.421. The molecular weight excluding hydrogens is 272 g/mol. The second kappa shape index (κ2) is 7.48. The molecule has 1 aromatic rings. The van der Waals surface area contributed by atoms with Gasteiger partial charge in [0.15, 0.2) is 0 Å². The maximum atomic E-state index is 11.5. The Morgan fingerprint density at radius 2 is 2.16 bits per heavy atom. The number of aliphatic carboxylic acids is 1. The minimum atomic E-state index is -0.885. The van der Waals surface area contributed by atoms with Crippen LogP contribution in [0.4, 0.5) is 10.5 Å². The van der Waals surface area contributed by atoms with Crippen molar-refractivity contribution in [3.05, 3.63) is 23.2 Å². The third-order valence-electron chi connectivity index (χ3n) is 2.26. The molecular formula is C12H15ClN2O4. The fourth-order valence-electron chi connectivity index (χ4n) is 1.35. The molecule has 0 unspecified atom stereocenters. The molecule has 6 nitrogen and oxygen atoms in total. The number of carboxylic acids is 1. The number of anilines is 1. The predicted octanol–water partition coefficient (Wildman–Crippen LogP) is 2.33. The van der Waals surface area contributed by atoms with E-state index in [1.807, 2.05) is 0 Å². The van der Waals surface area contributed by atoms with Crippen LogP contribution in [0.15, 0.2) is 18.2 Å². The van der Waals surface area contributed by atoms with E-state index in [9.17, 15) is 9.59 Å². The summed E-state index contributed by atoms with van der Waals surface area (Å²) in [7, 11) is 1.48. The first-order chi connectivity index (χ1) is 9.02. The number of benzene rings is 1. The molecule has 19 heavy (non-hydrogen) atoms. The molecule has 0 spiro atoms. The van der Waals surface area contributed by atoms with Crippen molar-refractivity contribution in [2.75, 3.05) is 19.0 Å². The second-order valence-corrected chi connectivity index (χ2v) is 4.13. The van der Waals surface area contributed by atoms with E-state index in [4.69, 9.17) is 21.4 Å². The number of rotatable bonds is 6. The molecule has 0 aromatic heterocycles. The summed E-state index contributed by atoms with van der Waals surface area (Å²) in [5.41, 5.74) is 0.539. The van der Waals surface area contributed by atoms with Gasteiger partial charge in [0.2, 0.25) is 0 Å². The Labute approximate surface area is 115 Å². The van der Waals surface area contributed by atoms with Crippen molar-refractivity contribution in [1.29, 1.82) is 0 Å². The van der Waals surface area contributed by atoms with E-state index in [2.05, 4.69) is 10.6 Å². The van der Waals surface area contributed by atoms with Crippen LogP contribution < -0.4 is 15.4 Å². The minimum Gasteiger partial charge on any atom is -0.495 e. The number of nitrogens with one attached hydrogen (secondary N) is 2. The molecule has 0 radical (unpaired) electrons. The zero-order valence-corrected chi connectivity index (χ0v) is 11.2. The highest BCUT2D eigenvalue weighted by Crippen LogP contribution is 2.27. The van der Waals surface area contributed by atoms with Gasteiger partial charge in [0.1, 0.15) is 5.75 Å². The zero-order chi connectivity index (χ0) is 14.3. The topological polar surface area (TPSA) is 87.7 Å². The number of carboxylic acid groups (broad SMARTS) is 1. The Morgan fingerprint density at radius 3 is 2.79 bits per heavy atom. The molecule has 0 saturated carbocycles. The molecule has 0 aliphatic heterocycles. The fraction of sp³-hybridized carbons (Fsp3) is 0.333. The molecule has 0 aliphatic rings. The fourth-order valence-corrected chi connectivity index (χ4v) is 1.55. The van der Waals surface area contributed by atoms with Crippen molar-refractivity contribution in [3.63, 3.8) is 0 Å². The number of hydrogen-bond acceptors (Lipinski definition) is 3. The van der Waals surface area contributed by atoms with Gasteiger partial charge in [-0.05, 0) is 18.6 Å². The molecule has 3 N–H and O–H groups in total. The van der Waals surface area contributed by atoms with E-state index in [1.165, 1.54) is 7.11 Å². The van der Waals surface area contributed by atoms with Gasteiger partial charge in [-0.1, -0.05) is 11.6 Å². The highest BCUT2D eigenvalue weighted by atomic mass is 35.5. The normalized spacial score (nSPS) is 9.79. The monoisotopic (exact) mass is 286 g/mol. The van der Waals surface area contributed by atoms with Crippen molar-refractivity contribution in [2.24, 2.45) is 0 Å². The zero-order valence-electron chi connectivity index (χ0n) is 10.4. The van der Waals surface area contributed by atoms with Gasteiger partial charge in [-0.25, -0.2) is 4.79 Å². The van der Waals surface area contributed by atoms with Crippen LogP contribution in [0.1, 0.15) is 12.8 Å². The van der Waals surface area contributed by atoms with Gasteiger partial charge in [0.05, 0.1) is 12.1 Å². The van der Waals surface area contributed by atoms with Crippen molar-refractivity contribution >= 4 is 29.3 Å². The van der Waals surface area contributed by atoms with Crippen LogP contribution in [0.5, 0.6) is 5.75 Å². The highest BCUT2D eigenvalue weighted by molar-refractivity contribution is 6.32. The van der Waals surface area contributed by atoms with Gasteiger partial charge in [0, 0.05) is 24.7 Å². The van der Waals surface area contributed by atoms with Crippen LogP contribution in [0.2, 0.25) is 5.02 Å². The summed E-state index contributed by atoms with van der Waals surface area (Å²) in [6.45, 7) is 0.295. The first-order valence-corrected chi connectivity index (χ1v) is 6.01. The molecule has 0 heterocycles. The lowest BCUT2D eigenvalue weighted by Crippen LogP contribution is -2.29. The Balaban J connectivity index is 2.42. The first-order valence-electron chi connectivity index (χ1n) is 5.63. The lowest BCUT2D eigenvalue weighted by atomic mass is 10.3. The number of ether oxygens (including phenoxy) is 1. The summed E-state index contributed by atoms with van der Waals surface area (Å²) in [6, 6.07) is 4.44. The van der Waals surface area contributed by atoms with Crippen LogP contribution in [0, 0.1) is 0 Å². The summed E-state index contributed by atoms with van der Waals surface area (Å²) < 4.78 is 5.02. The summed E-state index contributed by atoms with van der Waals surface area (Å²) in [6.07, 6.45) is 0.405. The Morgan fingerprint density at radius 1 is 1.42 bits per heavy atom. The van der Waals surface area contributed by atoms with Crippen molar-refractivity contribution in [2.45, 2.75) is 12.8 Å². The molecule has 104 valence electrons. The van der Waals surface area contributed by atoms with Crippen LogP contribution in [0.3, 0.4) is 0 Å². The van der Waals surface area contributed by atoms with Gasteiger partial charge in [0.25, 0.3) is 0 Å². The maximum absolute atomic E-state index is 11.5. The van der Waals surface area contributed by atoms with Gasteiger partial charge in [-0.3, -0.25) is 4.79 Å². The van der Waals surface area contributed by atoms with E-state index in [0.29, 0.717) is 29.4 Å². The quantitative estimate of drug-likeness (QED) is 0.700. The van der Waals surface area contributed by atoms with Crippen LogP contribution in [-0.4, -0.2) is 30.8 Å². The van der Waals surface area contributed by atoms with Gasteiger partial charge in [-0.15, -0.1) is 0 Å². The van der Waals surface area contributed by atoms with E-state index in [1.54, 1.807) is 18.2 Å². The van der Waals surface area contributed by atoms with Crippen LogP contribution >= 0.6 is 11.6 Å². The smallest absolute Gasteiger partial charge is 0.319 e. The maximum Gasteiger partial charge on any atom is 0.319 e. The lowest BCUT2D eigenvalue weighted by Gasteiger charge is -2.09. The Hall–Kier alpha value is -1.95. The molecule has 1 aromatic carbocycles. The number of halogens is 1. The third-order valence-corrected chi connectivity index (χ3v) is 2.57. The van der Waals surface area contributed by atoms with E-state index >= 15 is 0 Å². The SMILES string of the molecule is COc1cc(NC(=O)NCCCC(=O)O)ccc1Cl. The predicted molar refractivity (Wildman–Crippen MR) is 71.9 cm³/mol. The number of carbonyl (C=O) groups is 2. The van der Waals surface area contributed by atoms with E-state index in [-0.39, 0.29) is 6.42 Å². The van der Waals surface area contributed by atoms with Crippen LogP contribution in [-0.2, 0) is 4.79 Å². The lowest BCUT2D eigenvalue weighted by molar-refractivity contribution is -0.137. The number of methoxy groups -OCH3 is 1. The number of carbonyl (C=O) groups excluding carboxylic acids is 1. The molecule has 0 fully saturated rings. The van der Waals surface area contributed by atoms with Gasteiger partial charge < -0.3 is 20.5 Å². The third kappa shape index (κ3) is 5.48. The largest absolute Gasteiger partial charge is 0.495 e. The highest BCUT2D eigenvalue weighted by Gasteiger charge is 2.05. The van der Waals surface area contributed by atoms with Crippen molar-refractivity contribution < 1.29 is 19.4 Å². The minimum absolute atomic E-state index is 0.0229.